The van der Waals surface area contributed by atoms with Crippen LogP contribution in [0.2, 0.25) is 0 Å². The van der Waals surface area contributed by atoms with Gasteiger partial charge in [0.1, 0.15) is 12.1 Å². The number of nitrogens with zero attached hydrogens (tertiary/aromatic N) is 2. The van der Waals surface area contributed by atoms with Crippen molar-refractivity contribution in [2.75, 3.05) is 19.1 Å². The van der Waals surface area contributed by atoms with Crippen molar-refractivity contribution in [3.05, 3.63) is 5.53 Å². The van der Waals surface area contributed by atoms with Gasteiger partial charge in [0.15, 0.2) is 0 Å². The summed E-state index contributed by atoms with van der Waals surface area (Å²) >= 11 is 1.58. The Kier molecular flexibility index (Phi) is 11.8. The van der Waals surface area contributed by atoms with Gasteiger partial charge in [-0.25, -0.2) is 4.79 Å². The van der Waals surface area contributed by atoms with Gasteiger partial charge in [-0.05, 0) is 38.7 Å². The molecule has 136 valence electrons. The Morgan fingerprint density at radius 3 is 2.46 bits per heavy atom. The first-order valence-electron chi connectivity index (χ1n) is 7.58. The van der Waals surface area contributed by atoms with Crippen LogP contribution in [0, 0.1) is 0 Å². The summed E-state index contributed by atoms with van der Waals surface area (Å²) in [5.74, 6) is -0.773. The van der Waals surface area contributed by atoms with E-state index in [-0.39, 0.29) is 18.9 Å². The molecule has 8 nitrogen and oxygen atoms in total. The van der Waals surface area contributed by atoms with Gasteiger partial charge in [-0.3, -0.25) is 9.59 Å². The summed E-state index contributed by atoms with van der Waals surface area (Å²) in [4.78, 5) is 38.4. The third kappa shape index (κ3) is 9.44. The molecule has 0 unspecified atom stereocenters. The molecule has 0 saturated heterocycles. The Hall–Kier alpha value is -1.70. The first kappa shape index (κ1) is 22.3. The van der Waals surface area contributed by atoms with Crippen LogP contribution in [-0.2, 0) is 23.9 Å². The van der Waals surface area contributed by atoms with Gasteiger partial charge in [0.25, 0.3) is 0 Å². The van der Waals surface area contributed by atoms with Gasteiger partial charge >= 0.3 is 12.2 Å². The molecule has 0 aliphatic rings. The first-order valence-corrected chi connectivity index (χ1v) is 8.97. The number of hydrogen-bond acceptors (Lipinski definition) is 6. The highest BCUT2D eigenvalue weighted by Crippen LogP contribution is 2.07. The fraction of sp³-hybridized carbons (Fsp3) is 0.733. The predicted octanol–water partition coefficient (Wildman–Crippen LogP) is 0.841. The van der Waals surface area contributed by atoms with Crippen molar-refractivity contribution in [3.63, 3.8) is 0 Å². The number of esters is 1. The molecule has 0 aliphatic heterocycles. The van der Waals surface area contributed by atoms with Gasteiger partial charge in [-0.2, -0.15) is 16.6 Å². The molecule has 0 aromatic carbocycles. The maximum Gasteiger partial charge on any atom is 0.328 e. The monoisotopic (exact) mass is 359 g/mol. The molecule has 1 amide bonds. The summed E-state index contributed by atoms with van der Waals surface area (Å²) in [6.07, 6.45) is 2.13. The summed E-state index contributed by atoms with van der Waals surface area (Å²) in [5.41, 5.74) is 8.33. The van der Waals surface area contributed by atoms with Crippen molar-refractivity contribution in [2.24, 2.45) is 0 Å². The Balaban J connectivity index is 4.89. The number of carbonyl (C=O) groups excluding carboxylic acids is 3. The quantitative estimate of drug-likeness (QED) is 0.239. The molecule has 0 radical (unpaired) electrons. The highest BCUT2D eigenvalue weighted by Gasteiger charge is 2.27. The lowest BCUT2D eigenvalue weighted by atomic mass is 10.1. The Bertz CT molecular complexity index is 478. The number of rotatable bonds is 12. The smallest absolute Gasteiger partial charge is 0.328 e. The maximum atomic E-state index is 12.2. The van der Waals surface area contributed by atoms with E-state index in [1.54, 1.807) is 25.6 Å². The van der Waals surface area contributed by atoms with E-state index in [1.165, 1.54) is 7.11 Å². The number of Topliss-reactive ketones (excluding diaryl/α,β-unsaturated/α-hetero) is 1. The van der Waals surface area contributed by atoms with Crippen LogP contribution in [0.25, 0.3) is 5.53 Å². The molecule has 9 heteroatoms. The molecule has 0 aliphatic carbocycles. The van der Waals surface area contributed by atoms with E-state index in [0.29, 0.717) is 6.42 Å². The summed E-state index contributed by atoms with van der Waals surface area (Å²) in [7, 11) is 1.42. The highest BCUT2D eigenvalue weighted by molar-refractivity contribution is 7.98. The molecule has 0 bridgehead atoms. The first-order chi connectivity index (χ1) is 11.3. The van der Waals surface area contributed by atoms with Gasteiger partial charge in [0, 0.05) is 13.5 Å². The van der Waals surface area contributed by atoms with Crippen molar-refractivity contribution in [1.82, 2.24) is 5.32 Å². The molecular formula is C15H25N3O5S. The molecule has 0 saturated carbocycles. The van der Waals surface area contributed by atoms with Gasteiger partial charge in [-0.1, -0.05) is 0 Å². The lowest BCUT2D eigenvalue weighted by Gasteiger charge is -2.21. The molecule has 0 rings (SSSR count). The number of methoxy groups -OCH3 is 1. The van der Waals surface area contributed by atoms with E-state index in [1.807, 2.05) is 6.26 Å². The normalized spacial score (nSPS) is 12.9. The topological polar surface area (TPSA) is 118 Å². The minimum absolute atomic E-state index is 0.0428. The zero-order valence-electron chi connectivity index (χ0n) is 14.5. The number of thioether (sulfide) groups is 1. The minimum atomic E-state index is -0.970. The van der Waals surface area contributed by atoms with E-state index in [0.717, 1.165) is 12.0 Å². The molecule has 0 aromatic rings. The van der Waals surface area contributed by atoms with E-state index >= 15 is 0 Å². The molecular weight excluding hydrogens is 334 g/mol. The minimum Gasteiger partial charge on any atom is -0.461 e. The third-order valence-electron chi connectivity index (χ3n) is 3.00. The summed E-state index contributed by atoms with van der Waals surface area (Å²) in [6, 6.07) is -0.970. The second-order valence-electron chi connectivity index (χ2n) is 5.30. The predicted molar refractivity (Wildman–Crippen MR) is 90.9 cm³/mol. The summed E-state index contributed by atoms with van der Waals surface area (Å²) in [6.45, 7) is 3.38. The highest BCUT2D eigenvalue weighted by atomic mass is 32.2. The van der Waals surface area contributed by atoms with Gasteiger partial charge in [0.05, 0.1) is 6.10 Å². The average molecular weight is 359 g/mol. The van der Waals surface area contributed by atoms with Crippen LogP contribution >= 0.6 is 11.8 Å². The largest absolute Gasteiger partial charge is 0.461 e. The number of hydrogen-bond donors (Lipinski definition) is 1. The maximum absolute atomic E-state index is 12.2. The van der Waals surface area contributed by atoms with Crippen LogP contribution in [0.3, 0.4) is 0 Å². The summed E-state index contributed by atoms with van der Waals surface area (Å²) < 4.78 is 10.2. The molecule has 24 heavy (non-hydrogen) atoms. The van der Waals surface area contributed by atoms with Crippen LogP contribution in [0.5, 0.6) is 0 Å². The Morgan fingerprint density at radius 2 is 1.96 bits per heavy atom. The van der Waals surface area contributed by atoms with Crippen molar-refractivity contribution in [3.8, 4) is 0 Å². The van der Waals surface area contributed by atoms with E-state index in [4.69, 9.17) is 15.0 Å². The molecule has 1 N–H and O–H groups in total. The third-order valence-corrected chi connectivity index (χ3v) is 3.64. The lowest BCUT2D eigenvalue weighted by Crippen LogP contribution is -2.47. The van der Waals surface area contributed by atoms with Crippen molar-refractivity contribution < 1.29 is 28.6 Å². The second-order valence-corrected chi connectivity index (χ2v) is 6.29. The fourth-order valence-electron chi connectivity index (χ4n) is 1.82. The van der Waals surface area contributed by atoms with Crippen molar-refractivity contribution in [2.45, 2.75) is 51.4 Å². The molecule has 0 aromatic heterocycles. The van der Waals surface area contributed by atoms with Crippen molar-refractivity contribution in [1.29, 1.82) is 0 Å². The molecule has 0 fully saturated rings. The number of amides is 1. The van der Waals surface area contributed by atoms with E-state index in [2.05, 4.69) is 10.1 Å². The van der Waals surface area contributed by atoms with E-state index in [9.17, 15) is 14.4 Å². The van der Waals surface area contributed by atoms with Crippen LogP contribution in [0.1, 0.15) is 33.1 Å². The van der Waals surface area contributed by atoms with Gasteiger partial charge < -0.3 is 20.3 Å². The van der Waals surface area contributed by atoms with Gasteiger partial charge in [0.2, 0.25) is 11.7 Å². The number of nitrogens with one attached hydrogen (secondary N) is 1. The van der Waals surface area contributed by atoms with E-state index < -0.39 is 29.8 Å². The fourth-order valence-corrected chi connectivity index (χ4v) is 2.27. The van der Waals surface area contributed by atoms with Crippen LogP contribution in [0.4, 0.5) is 0 Å². The van der Waals surface area contributed by atoms with Crippen LogP contribution < -0.4 is 5.32 Å². The lowest BCUT2D eigenvalue weighted by molar-refractivity contribution is -0.152. The Morgan fingerprint density at radius 1 is 1.29 bits per heavy atom. The zero-order chi connectivity index (χ0) is 18.5. The second kappa shape index (κ2) is 12.7. The van der Waals surface area contributed by atoms with Crippen LogP contribution in [0.15, 0.2) is 0 Å². The van der Waals surface area contributed by atoms with Crippen LogP contribution in [-0.4, -0.2) is 66.0 Å². The number of ketones is 1. The van der Waals surface area contributed by atoms with Gasteiger partial charge in [-0.15, -0.1) is 0 Å². The standard InChI is InChI=1S/C15H25N3O5S/c1-10(2)23-15(21)12(6-5-11(19)9-17-16)18-14(20)13(22-3)7-8-24-4/h9-10,12-13H,5-8H2,1-4H3,(H,18,20)/t12-,13-/m0/s1. The SMILES string of the molecule is CO[C@@H](CCSC)C(=O)N[C@@H](CCC(=O)C=[N+]=[N-])C(=O)OC(C)C. The zero-order valence-corrected chi connectivity index (χ0v) is 15.3. The molecule has 0 spiro atoms. The Labute approximate surface area is 146 Å². The average Bonchev–Trinajstić information content (AvgIpc) is 2.51. The van der Waals surface area contributed by atoms with Crippen molar-refractivity contribution >= 4 is 35.6 Å². The summed E-state index contributed by atoms with van der Waals surface area (Å²) in [5, 5.41) is 2.57. The number of ether oxygens (including phenoxy) is 2. The molecule has 2 atom stereocenters. The molecule has 0 heterocycles. The number of carbonyl (C=O) groups is 3.